The van der Waals surface area contributed by atoms with Gasteiger partial charge in [-0.15, -0.1) is 0 Å². The van der Waals surface area contributed by atoms with Crippen LogP contribution in [0.3, 0.4) is 0 Å². The van der Waals surface area contributed by atoms with Gasteiger partial charge in [-0.05, 0) is 262 Å². The Hall–Kier alpha value is -17.2. The van der Waals surface area contributed by atoms with Crippen LogP contribution in [0.1, 0.15) is 0 Å². The molecule has 0 unspecified atom stereocenters. The average molecular weight is 1630 g/mol. The molecule has 8 heteroatoms. The molecule has 20 aromatic carbocycles. The minimum absolute atomic E-state index is 0.646. The van der Waals surface area contributed by atoms with Crippen molar-refractivity contribution in [3.05, 3.63) is 449 Å². The molecule has 594 valence electrons. The van der Waals surface area contributed by atoms with Crippen LogP contribution in [0.5, 0.6) is 0 Å². The van der Waals surface area contributed by atoms with Crippen molar-refractivity contribution < 1.29 is 0 Å². The van der Waals surface area contributed by atoms with Crippen molar-refractivity contribution in [3.8, 4) is 101 Å². The molecule has 0 aliphatic carbocycles. The highest BCUT2D eigenvalue weighted by molar-refractivity contribution is 6.19. The summed E-state index contributed by atoms with van der Waals surface area (Å²) >= 11 is 0. The Morgan fingerprint density at radius 2 is 0.383 bits per heavy atom. The molecule has 0 saturated heterocycles. The minimum atomic E-state index is 0.646. The second kappa shape index (κ2) is 28.2. The SMILES string of the molecule is c1ccc(-n2c3ccccc3c3cc(-c4ccc5c(c4)c4cc(-c6ccc7c(c6)c6ccccc6n7-c6ccccc6)ccc4n5-c4ccc(-c5nc(-c6cccc(-n7c8ccc(-c9ccc%10c(c9)c9ccccc9n%10-c9ccccc9)cc8c8cc(-c9ccc%10c(c9)c9ccccc9n%10-c9ccccc9)ccc87)c6)c6ccc7ccccc7c6n5)cc4)ccc32)cc1. The standard InChI is InChI=1S/C120H74N8/c1-5-26-86(27-6-1)123-106-40-19-15-36-93(106)98-67-77(47-58-110(98)123)81-51-62-114-102(71-81)103-72-82(78-48-59-111-99(68-78)94-37-16-20-41-107(94)124(111)87-28-7-2-8-29-87)52-63-115(103)127(114)90-55-44-76(45-56-90)120-121-118(97-57-46-75-24-13-14-35-92(75)119(97)122-120)85-25-23-34-91(66-85)128-116-64-53-83(79-49-60-112-100(69-79)95-38-17-21-42-108(95)125(112)88-30-9-3-10-31-88)73-104(116)105-74-84(54-65-117(105)128)80-50-61-113-101(70-80)96-39-18-22-43-109(96)126(113)89-32-11-4-12-33-89/h1-74H. The lowest BCUT2D eigenvalue weighted by Crippen LogP contribution is -1.99. The highest BCUT2D eigenvalue weighted by atomic mass is 15.0. The number of hydrogen-bond acceptors (Lipinski definition) is 2. The average Bonchev–Trinajstić information content (AvgIpc) is 1.52. The van der Waals surface area contributed by atoms with E-state index in [0.29, 0.717) is 5.82 Å². The van der Waals surface area contributed by atoms with Crippen molar-refractivity contribution in [1.82, 2.24) is 37.4 Å². The first kappa shape index (κ1) is 71.4. The molecule has 0 fully saturated rings. The third-order valence-corrected chi connectivity index (χ3v) is 27.0. The van der Waals surface area contributed by atoms with Crippen molar-refractivity contribution in [2.45, 2.75) is 0 Å². The molecule has 7 aromatic heterocycles. The number of fused-ring (bicyclic) bond motifs is 21. The topological polar surface area (TPSA) is 55.4 Å². The van der Waals surface area contributed by atoms with Crippen LogP contribution in [0.4, 0.5) is 0 Å². The fraction of sp³-hybridized carbons (Fsp3) is 0. The zero-order valence-corrected chi connectivity index (χ0v) is 69.3. The minimum Gasteiger partial charge on any atom is -0.309 e. The first-order valence-corrected chi connectivity index (χ1v) is 43.9. The highest BCUT2D eigenvalue weighted by Crippen LogP contribution is 2.47. The zero-order valence-electron chi connectivity index (χ0n) is 69.3. The summed E-state index contributed by atoms with van der Waals surface area (Å²) in [6.07, 6.45) is 0. The lowest BCUT2D eigenvalue weighted by atomic mass is 9.98. The van der Waals surface area contributed by atoms with Gasteiger partial charge in [0.1, 0.15) is 0 Å². The van der Waals surface area contributed by atoms with Crippen molar-refractivity contribution in [3.63, 3.8) is 0 Å². The van der Waals surface area contributed by atoms with Crippen LogP contribution >= 0.6 is 0 Å². The van der Waals surface area contributed by atoms with Crippen molar-refractivity contribution in [1.29, 1.82) is 0 Å². The van der Waals surface area contributed by atoms with Crippen LogP contribution in [-0.4, -0.2) is 37.4 Å². The molecule has 128 heavy (non-hydrogen) atoms. The zero-order chi connectivity index (χ0) is 83.8. The number of benzene rings is 20. The molecule has 0 amide bonds. The van der Waals surface area contributed by atoms with E-state index in [1.807, 2.05) is 0 Å². The summed E-state index contributed by atoms with van der Waals surface area (Å²) in [5, 5.41) is 17.6. The Morgan fingerprint density at radius 1 is 0.133 bits per heavy atom. The third-order valence-electron chi connectivity index (χ3n) is 27.0. The van der Waals surface area contributed by atoms with E-state index in [4.69, 9.17) is 9.97 Å². The second-order valence-electron chi connectivity index (χ2n) is 34.0. The van der Waals surface area contributed by atoms with E-state index in [9.17, 15) is 0 Å². The van der Waals surface area contributed by atoms with Gasteiger partial charge in [-0.3, -0.25) is 0 Å². The van der Waals surface area contributed by atoms with Gasteiger partial charge in [-0.1, -0.05) is 237 Å². The summed E-state index contributed by atoms with van der Waals surface area (Å²) < 4.78 is 14.5. The van der Waals surface area contributed by atoms with E-state index in [-0.39, 0.29) is 0 Å². The molecule has 8 nitrogen and oxygen atoms in total. The van der Waals surface area contributed by atoms with Gasteiger partial charge in [0.15, 0.2) is 5.82 Å². The van der Waals surface area contributed by atoms with Gasteiger partial charge in [0.05, 0.1) is 77.4 Å². The van der Waals surface area contributed by atoms with E-state index in [1.54, 1.807) is 0 Å². The Bertz CT molecular complexity index is 8880. The summed E-state index contributed by atoms with van der Waals surface area (Å²) in [6, 6.07) is 165. The molecule has 27 aromatic rings. The van der Waals surface area contributed by atoms with Crippen LogP contribution < -0.4 is 0 Å². The lowest BCUT2D eigenvalue weighted by Gasteiger charge is -2.14. The first-order valence-electron chi connectivity index (χ1n) is 43.9. The van der Waals surface area contributed by atoms with Crippen molar-refractivity contribution in [2.24, 2.45) is 0 Å². The van der Waals surface area contributed by atoms with Crippen LogP contribution in [0, 0.1) is 0 Å². The molecule has 0 N–H and O–H groups in total. The molecule has 27 rings (SSSR count). The molecular formula is C120H74N8. The van der Waals surface area contributed by atoms with Gasteiger partial charge in [-0.25, -0.2) is 9.97 Å². The molecule has 0 radical (unpaired) electrons. The Kier molecular flexibility index (Phi) is 15.7. The lowest BCUT2D eigenvalue weighted by molar-refractivity contribution is 1.17. The summed E-state index contributed by atoms with van der Waals surface area (Å²) in [7, 11) is 0. The third kappa shape index (κ3) is 11.0. The largest absolute Gasteiger partial charge is 0.309 e. The fourth-order valence-electron chi connectivity index (χ4n) is 21.1. The predicted molar refractivity (Wildman–Crippen MR) is 536 cm³/mol. The predicted octanol–water partition coefficient (Wildman–Crippen LogP) is 31.4. The maximum atomic E-state index is 5.74. The maximum absolute atomic E-state index is 5.74. The molecule has 0 atom stereocenters. The van der Waals surface area contributed by atoms with Crippen molar-refractivity contribution in [2.75, 3.05) is 0 Å². The van der Waals surface area contributed by atoms with Crippen LogP contribution in [0.25, 0.3) is 254 Å². The van der Waals surface area contributed by atoms with Gasteiger partial charge in [0, 0.05) is 121 Å². The van der Waals surface area contributed by atoms with Gasteiger partial charge in [0.2, 0.25) is 0 Å². The molecule has 0 saturated carbocycles. The number of hydrogen-bond donors (Lipinski definition) is 0. The molecule has 7 heterocycles. The Labute approximate surface area is 735 Å². The summed E-state index contributed by atoms with van der Waals surface area (Å²) in [5.41, 5.74) is 33.4. The normalized spacial score (nSPS) is 12.1. The van der Waals surface area contributed by atoms with E-state index >= 15 is 0 Å². The molecular weight excluding hydrogens is 1550 g/mol. The second-order valence-corrected chi connectivity index (χ2v) is 34.0. The van der Waals surface area contributed by atoms with E-state index < -0.39 is 0 Å². The number of para-hydroxylation sites is 8. The fourth-order valence-corrected chi connectivity index (χ4v) is 21.1. The number of nitrogens with zero attached hydrogens (tertiary/aromatic N) is 8. The van der Waals surface area contributed by atoms with Gasteiger partial charge >= 0.3 is 0 Å². The smallest absolute Gasteiger partial charge is 0.160 e. The maximum Gasteiger partial charge on any atom is 0.160 e. The first-order chi connectivity index (χ1) is 63.5. The van der Waals surface area contributed by atoms with Crippen LogP contribution in [-0.2, 0) is 0 Å². The Morgan fingerprint density at radius 3 is 0.711 bits per heavy atom. The number of rotatable bonds is 12. The van der Waals surface area contributed by atoms with Crippen molar-refractivity contribution >= 4 is 153 Å². The highest BCUT2D eigenvalue weighted by Gasteiger charge is 2.25. The molecule has 0 spiro atoms. The van der Waals surface area contributed by atoms with E-state index in [2.05, 4.69) is 476 Å². The monoisotopic (exact) mass is 1630 g/mol. The van der Waals surface area contributed by atoms with Gasteiger partial charge < -0.3 is 27.4 Å². The molecule has 0 aliphatic rings. The summed E-state index contributed by atoms with van der Waals surface area (Å²) in [6.45, 7) is 0. The number of aromatic nitrogens is 8. The Balaban J connectivity index is 0.601. The van der Waals surface area contributed by atoms with Crippen LogP contribution in [0.15, 0.2) is 449 Å². The van der Waals surface area contributed by atoms with E-state index in [1.165, 1.54) is 98.0 Å². The van der Waals surface area contributed by atoms with Crippen LogP contribution in [0.2, 0.25) is 0 Å². The molecule has 0 aliphatic heterocycles. The van der Waals surface area contributed by atoms with Gasteiger partial charge in [0.25, 0.3) is 0 Å². The summed E-state index contributed by atoms with van der Waals surface area (Å²) in [5.74, 6) is 0.646. The quantitative estimate of drug-likeness (QED) is 0.114. The van der Waals surface area contributed by atoms with Gasteiger partial charge in [-0.2, -0.15) is 0 Å². The van der Waals surface area contributed by atoms with E-state index in [0.717, 1.165) is 150 Å². The summed E-state index contributed by atoms with van der Waals surface area (Å²) in [4.78, 5) is 11.4. The molecule has 0 bridgehead atoms.